The molecule has 32 heavy (non-hydrogen) atoms. The second-order valence-corrected chi connectivity index (χ2v) is 7.21. The summed E-state index contributed by atoms with van der Waals surface area (Å²) < 4.78 is 10.6. The average molecular weight is 444 g/mol. The highest BCUT2D eigenvalue weighted by Crippen LogP contribution is 2.30. The van der Waals surface area contributed by atoms with E-state index in [1.807, 2.05) is 45.0 Å². The molecule has 2 rings (SSSR count). The number of carbonyl (C=O) groups is 2. The van der Waals surface area contributed by atoms with Crippen molar-refractivity contribution in [2.24, 2.45) is 0 Å². The molecule has 0 bridgehead atoms. The maximum Gasteiger partial charge on any atom is 0.311 e. The van der Waals surface area contributed by atoms with Crippen LogP contribution in [0.2, 0.25) is 0 Å². The maximum atomic E-state index is 13.1. The van der Waals surface area contributed by atoms with Crippen molar-refractivity contribution in [1.82, 2.24) is 10.2 Å². The molecule has 1 atom stereocenters. The van der Waals surface area contributed by atoms with Gasteiger partial charge in [0.2, 0.25) is 11.7 Å². The van der Waals surface area contributed by atoms with Crippen molar-refractivity contribution in [3.05, 3.63) is 63.7 Å². The number of nitrogens with zero attached hydrogens (tertiary/aromatic N) is 2. The number of nitro groups is 1. The van der Waals surface area contributed by atoms with Crippen molar-refractivity contribution in [2.45, 2.75) is 39.8 Å². The van der Waals surface area contributed by atoms with Crippen LogP contribution in [0.1, 0.15) is 31.4 Å². The first-order chi connectivity index (χ1) is 15.3. The number of carbonyl (C=O) groups excluding carboxylic acids is 2. The first kappa shape index (κ1) is 24.6. The number of nitro benzene ring substituents is 1. The Hall–Kier alpha value is -3.62. The molecule has 0 fully saturated rings. The standard InChI is InChI=1S/C23H29N3O6/c1-5-19(23(28)24-6-2)25(14-17-9-7-8-16(3)12-17)22(27)15-32-18-10-11-20(26(29)30)21(13-18)31-4/h7-13,19H,5-6,14-15H2,1-4H3,(H,24,28). The molecular formula is C23H29N3O6. The van der Waals surface area contributed by atoms with E-state index >= 15 is 0 Å². The molecule has 0 aromatic heterocycles. The van der Waals surface area contributed by atoms with E-state index in [2.05, 4.69) is 5.32 Å². The number of aryl methyl sites for hydroxylation is 1. The summed E-state index contributed by atoms with van der Waals surface area (Å²) in [5.41, 5.74) is 1.75. The van der Waals surface area contributed by atoms with Crippen LogP contribution >= 0.6 is 0 Å². The van der Waals surface area contributed by atoms with Gasteiger partial charge in [0.15, 0.2) is 6.61 Å². The van der Waals surface area contributed by atoms with Gasteiger partial charge < -0.3 is 19.7 Å². The van der Waals surface area contributed by atoms with Gasteiger partial charge in [-0.15, -0.1) is 0 Å². The van der Waals surface area contributed by atoms with Crippen LogP contribution in [0.3, 0.4) is 0 Å². The van der Waals surface area contributed by atoms with Crippen LogP contribution in [0.4, 0.5) is 5.69 Å². The van der Waals surface area contributed by atoms with Gasteiger partial charge in [0.1, 0.15) is 11.8 Å². The highest BCUT2D eigenvalue weighted by Gasteiger charge is 2.29. The monoisotopic (exact) mass is 443 g/mol. The van der Waals surface area contributed by atoms with Crippen LogP contribution < -0.4 is 14.8 Å². The van der Waals surface area contributed by atoms with E-state index in [-0.39, 0.29) is 42.2 Å². The third-order valence-electron chi connectivity index (χ3n) is 4.88. The summed E-state index contributed by atoms with van der Waals surface area (Å²) in [6, 6.07) is 11.1. The molecular weight excluding hydrogens is 414 g/mol. The Morgan fingerprint density at radius 2 is 1.94 bits per heavy atom. The molecule has 0 spiro atoms. The highest BCUT2D eigenvalue weighted by atomic mass is 16.6. The molecule has 2 amide bonds. The van der Waals surface area contributed by atoms with Crippen LogP contribution in [0, 0.1) is 17.0 Å². The second-order valence-electron chi connectivity index (χ2n) is 7.21. The summed E-state index contributed by atoms with van der Waals surface area (Å²) in [6.45, 7) is 6.01. The van der Waals surface area contributed by atoms with Crippen molar-refractivity contribution >= 4 is 17.5 Å². The lowest BCUT2D eigenvalue weighted by molar-refractivity contribution is -0.385. The predicted octanol–water partition coefficient (Wildman–Crippen LogP) is 3.23. The van der Waals surface area contributed by atoms with E-state index < -0.39 is 11.0 Å². The molecule has 0 radical (unpaired) electrons. The summed E-state index contributed by atoms with van der Waals surface area (Å²) >= 11 is 0. The van der Waals surface area contributed by atoms with Gasteiger partial charge in [0.05, 0.1) is 12.0 Å². The number of hydrogen-bond donors (Lipinski definition) is 1. The quantitative estimate of drug-likeness (QED) is 0.422. The zero-order chi connectivity index (χ0) is 23.7. The molecule has 0 aliphatic carbocycles. The number of benzene rings is 2. The SMILES string of the molecule is CCNC(=O)C(CC)N(Cc1cccc(C)c1)C(=O)COc1ccc([N+](=O)[O-])c(OC)c1. The Bertz CT molecular complexity index is 962. The maximum absolute atomic E-state index is 13.1. The minimum absolute atomic E-state index is 0.0327. The van der Waals surface area contributed by atoms with Gasteiger partial charge in [-0.1, -0.05) is 36.8 Å². The Kier molecular flexibility index (Phi) is 9.00. The largest absolute Gasteiger partial charge is 0.490 e. The van der Waals surface area contributed by atoms with Gasteiger partial charge in [0.25, 0.3) is 5.91 Å². The Balaban J connectivity index is 2.23. The van der Waals surface area contributed by atoms with Crippen molar-refractivity contribution in [3.8, 4) is 11.5 Å². The van der Waals surface area contributed by atoms with Crippen molar-refractivity contribution in [1.29, 1.82) is 0 Å². The molecule has 2 aromatic carbocycles. The minimum Gasteiger partial charge on any atom is -0.490 e. The third-order valence-corrected chi connectivity index (χ3v) is 4.88. The van der Waals surface area contributed by atoms with Crippen molar-refractivity contribution < 1.29 is 24.0 Å². The number of ether oxygens (including phenoxy) is 2. The Morgan fingerprint density at radius 1 is 1.19 bits per heavy atom. The molecule has 9 nitrogen and oxygen atoms in total. The fraction of sp³-hybridized carbons (Fsp3) is 0.391. The number of nitrogens with one attached hydrogen (secondary N) is 1. The van der Waals surface area contributed by atoms with Crippen LogP contribution in [0.25, 0.3) is 0 Å². The lowest BCUT2D eigenvalue weighted by Gasteiger charge is -2.30. The summed E-state index contributed by atoms with van der Waals surface area (Å²) in [7, 11) is 1.32. The summed E-state index contributed by atoms with van der Waals surface area (Å²) in [5, 5.41) is 13.8. The lowest BCUT2D eigenvalue weighted by Crippen LogP contribution is -2.50. The molecule has 0 saturated heterocycles. The predicted molar refractivity (Wildman–Crippen MR) is 120 cm³/mol. The van der Waals surface area contributed by atoms with Gasteiger partial charge in [-0.2, -0.15) is 0 Å². The topological polar surface area (TPSA) is 111 Å². The molecule has 0 heterocycles. The first-order valence-corrected chi connectivity index (χ1v) is 10.4. The van der Waals surface area contributed by atoms with Crippen LogP contribution in [0.15, 0.2) is 42.5 Å². The van der Waals surface area contributed by atoms with Gasteiger partial charge in [-0.05, 0) is 31.9 Å². The van der Waals surface area contributed by atoms with E-state index in [0.29, 0.717) is 13.0 Å². The average Bonchev–Trinajstić information content (AvgIpc) is 2.77. The number of likely N-dealkylation sites (N-methyl/N-ethyl adjacent to an activating group) is 1. The number of hydrogen-bond acceptors (Lipinski definition) is 6. The zero-order valence-electron chi connectivity index (χ0n) is 18.8. The summed E-state index contributed by atoms with van der Waals surface area (Å²) in [4.78, 5) is 37.7. The minimum atomic E-state index is -0.655. The lowest BCUT2D eigenvalue weighted by atomic mass is 10.1. The molecule has 9 heteroatoms. The van der Waals surface area contributed by atoms with Crippen LogP contribution in [0.5, 0.6) is 11.5 Å². The van der Waals surface area contributed by atoms with Gasteiger partial charge >= 0.3 is 5.69 Å². The van der Waals surface area contributed by atoms with E-state index in [9.17, 15) is 19.7 Å². The number of amides is 2. The summed E-state index contributed by atoms with van der Waals surface area (Å²) in [5.74, 6) is -0.317. The van der Waals surface area contributed by atoms with E-state index in [1.165, 1.54) is 30.2 Å². The second kappa shape index (κ2) is 11.7. The highest BCUT2D eigenvalue weighted by molar-refractivity contribution is 5.88. The van der Waals surface area contributed by atoms with Gasteiger partial charge in [-0.3, -0.25) is 19.7 Å². The Morgan fingerprint density at radius 3 is 2.53 bits per heavy atom. The van der Waals surface area contributed by atoms with E-state index in [4.69, 9.17) is 9.47 Å². The van der Waals surface area contributed by atoms with Gasteiger partial charge in [0, 0.05) is 25.2 Å². The van der Waals surface area contributed by atoms with Gasteiger partial charge in [-0.25, -0.2) is 0 Å². The smallest absolute Gasteiger partial charge is 0.311 e. The van der Waals surface area contributed by atoms with E-state index in [1.54, 1.807) is 0 Å². The molecule has 0 aliphatic heterocycles. The number of methoxy groups -OCH3 is 1. The molecule has 1 N–H and O–H groups in total. The van der Waals surface area contributed by atoms with Crippen LogP contribution in [-0.2, 0) is 16.1 Å². The molecule has 0 saturated carbocycles. The fourth-order valence-electron chi connectivity index (χ4n) is 3.35. The normalized spacial score (nSPS) is 11.4. The number of rotatable bonds is 11. The molecule has 1 unspecified atom stereocenters. The molecule has 2 aromatic rings. The zero-order valence-corrected chi connectivity index (χ0v) is 18.8. The van der Waals surface area contributed by atoms with E-state index in [0.717, 1.165) is 11.1 Å². The molecule has 0 aliphatic rings. The van der Waals surface area contributed by atoms with Crippen molar-refractivity contribution in [2.75, 3.05) is 20.3 Å². The Labute approximate surface area is 187 Å². The van der Waals surface area contributed by atoms with Crippen molar-refractivity contribution in [3.63, 3.8) is 0 Å². The van der Waals surface area contributed by atoms with Crippen LogP contribution in [-0.4, -0.2) is 47.9 Å². The molecule has 172 valence electrons. The summed E-state index contributed by atoms with van der Waals surface area (Å²) in [6.07, 6.45) is 0.439. The third kappa shape index (κ3) is 6.44. The first-order valence-electron chi connectivity index (χ1n) is 10.4. The fourth-order valence-corrected chi connectivity index (χ4v) is 3.35.